The van der Waals surface area contributed by atoms with Crippen LogP contribution in [-0.4, -0.2) is 17.2 Å². The lowest BCUT2D eigenvalue weighted by atomic mass is 9.80. The van der Waals surface area contributed by atoms with Crippen molar-refractivity contribution in [1.29, 1.82) is 0 Å². The van der Waals surface area contributed by atoms with Crippen molar-refractivity contribution in [3.8, 4) is 0 Å². The van der Waals surface area contributed by atoms with Crippen molar-refractivity contribution in [3.05, 3.63) is 17.5 Å². The van der Waals surface area contributed by atoms with Gasteiger partial charge >= 0.3 is 7.12 Å². The maximum atomic E-state index is 9.09. The second-order valence-corrected chi connectivity index (χ2v) is 3.89. The second-order valence-electron chi connectivity index (χ2n) is 3.01. The predicted molar refractivity (Wildman–Crippen MR) is 60.5 cm³/mol. The number of nitrogen functional groups attached to an aromatic ring is 2. The molecule has 0 radical (unpaired) electrons. The molecular weight excluding hydrogens is 199 g/mol. The zero-order valence-electron chi connectivity index (χ0n) is 7.27. The lowest BCUT2D eigenvalue weighted by molar-refractivity contribution is 0.426. The zero-order chi connectivity index (χ0) is 10.3. The molecule has 14 heavy (non-hydrogen) atoms. The van der Waals surface area contributed by atoms with E-state index in [1.807, 2.05) is 0 Å². The van der Waals surface area contributed by atoms with Crippen LogP contribution >= 0.6 is 11.3 Å². The molecule has 0 aliphatic heterocycles. The number of benzene rings is 1. The van der Waals surface area contributed by atoms with Crippen molar-refractivity contribution in [2.45, 2.75) is 0 Å². The Kier molecular flexibility index (Phi) is 2.11. The molecule has 0 atom stereocenters. The first kappa shape index (κ1) is 9.33. The number of hydrogen-bond donors (Lipinski definition) is 4. The van der Waals surface area contributed by atoms with Gasteiger partial charge in [0.05, 0.1) is 4.70 Å². The average molecular weight is 208 g/mol. The fourth-order valence-electron chi connectivity index (χ4n) is 1.41. The summed E-state index contributed by atoms with van der Waals surface area (Å²) >= 11 is 1.36. The summed E-state index contributed by atoms with van der Waals surface area (Å²) in [4.78, 5) is 0. The van der Waals surface area contributed by atoms with Crippen LogP contribution in [0.2, 0.25) is 0 Å². The molecule has 0 saturated carbocycles. The van der Waals surface area contributed by atoms with Crippen LogP contribution in [0.1, 0.15) is 0 Å². The van der Waals surface area contributed by atoms with Gasteiger partial charge in [-0.15, -0.1) is 11.3 Å². The van der Waals surface area contributed by atoms with E-state index in [1.165, 1.54) is 11.3 Å². The van der Waals surface area contributed by atoms with Gasteiger partial charge in [-0.05, 0) is 17.5 Å². The molecule has 4 nitrogen and oxygen atoms in total. The van der Waals surface area contributed by atoms with Crippen LogP contribution in [0.5, 0.6) is 0 Å². The number of thiophene rings is 1. The van der Waals surface area contributed by atoms with Gasteiger partial charge in [-0.3, -0.25) is 0 Å². The molecular formula is C8H9BN2O2S. The van der Waals surface area contributed by atoms with Crippen molar-refractivity contribution in [2.24, 2.45) is 0 Å². The summed E-state index contributed by atoms with van der Waals surface area (Å²) in [7, 11) is -1.51. The quantitative estimate of drug-likeness (QED) is 0.384. The first-order valence-electron chi connectivity index (χ1n) is 4.02. The van der Waals surface area contributed by atoms with Crippen LogP contribution < -0.4 is 16.9 Å². The van der Waals surface area contributed by atoms with Gasteiger partial charge in [-0.1, -0.05) is 0 Å². The van der Waals surface area contributed by atoms with Gasteiger partial charge in [0, 0.05) is 22.2 Å². The highest BCUT2D eigenvalue weighted by atomic mass is 32.1. The van der Waals surface area contributed by atoms with Crippen LogP contribution in [0.25, 0.3) is 10.1 Å². The molecule has 0 bridgehead atoms. The Morgan fingerprint density at radius 1 is 1.14 bits per heavy atom. The van der Waals surface area contributed by atoms with E-state index in [1.54, 1.807) is 17.5 Å². The maximum absolute atomic E-state index is 9.09. The summed E-state index contributed by atoms with van der Waals surface area (Å²) in [6, 6.07) is 3.37. The number of hydrogen-bond acceptors (Lipinski definition) is 5. The smallest absolute Gasteiger partial charge is 0.423 e. The molecule has 6 heteroatoms. The van der Waals surface area contributed by atoms with Crippen LogP contribution in [0.3, 0.4) is 0 Å². The van der Waals surface area contributed by atoms with E-state index in [4.69, 9.17) is 21.5 Å². The van der Waals surface area contributed by atoms with Crippen LogP contribution in [0.15, 0.2) is 17.5 Å². The van der Waals surface area contributed by atoms with Crippen molar-refractivity contribution in [3.63, 3.8) is 0 Å². The van der Waals surface area contributed by atoms with Gasteiger partial charge < -0.3 is 21.5 Å². The lowest BCUT2D eigenvalue weighted by Crippen LogP contribution is -2.29. The molecule has 1 heterocycles. The monoisotopic (exact) mass is 208 g/mol. The fourth-order valence-corrected chi connectivity index (χ4v) is 2.45. The van der Waals surface area contributed by atoms with Gasteiger partial charge in [-0.25, -0.2) is 0 Å². The highest BCUT2D eigenvalue weighted by molar-refractivity contribution is 7.19. The van der Waals surface area contributed by atoms with E-state index >= 15 is 0 Å². The number of fused-ring (bicyclic) bond motifs is 1. The Hall–Kier alpha value is -1.24. The summed E-state index contributed by atoms with van der Waals surface area (Å²) < 4.78 is 0.799. The first-order valence-corrected chi connectivity index (χ1v) is 4.90. The minimum absolute atomic E-state index is 0.412. The summed E-state index contributed by atoms with van der Waals surface area (Å²) in [5, 5.41) is 20.5. The zero-order valence-corrected chi connectivity index (χ0v) is 8.08. The molecule has 1 aromatic heterocycles. The Bertz CT molecular complexity index is 483. The van der Waals surface area contributed by atoms with Gasteiger partial charge in [0.1, 0.15) is 0 Å². The maximum Gasteiger partial charge on any atom is 0.489 e. The normalized spacial score (nSPS) is 10.7. The first-order chi connectivity index (χ1) is 6.61. The van der Waals surface area contributed by atoms with Gasteiger partial charge in [-0.2, -0.15) is 0 Å². The average Bonchev–Trinajstić information content (AvgIpc) is 2.56. The van der Waals surface area contributed by atoms with Crippen molar-refractivity contribution < 1.29 is 10.0 Å². The van der Waals surface area contributed by atoms with Gasteiger partial charge in [0.2, 0.25) is 0 Å². The summed E-state index contributed by atoms with van der Waals surface area (Å²) in [5.74, 6) is 0. The van der Waals surface area contributed by atoms with E-state index in [-0.39, 0.29) is 0 Å². The van der Waals surface area contributed by atoms with Crippen molar-refractivity contribution in [1.82, 2.24) is 0 Å². The number of nitrogens with two attached hydrogens (primary N) is 2. The molecule has 2 aromatic rings. The number of anilines is 2. The predicted octanol–water partition coefficient (Wildman–Crippen LogP) is -0.254. The third-order valence-corrected chi connectivity index (χ3v) is 3.14. The minimum Gasteiger partial charge on any atom is -0.423 e. The molecule has 0 spiro atoms. The van der Waals surface area contributed by atoms with E-state index in [0.717, 1.165) is 4.70 Å². The van der Waals surface area contributed by atoms with E-state index in [9.17, 15) is 0 Å². The highest BCUT2D eigenvalue weighted by Gasteiger charge is 2.19. The molecule has 0 aliphatic rings. The third-order valence-electron chi connectivity index (χ3n) is 2.09. The fraction of sp³-hybridized carbons (Fsp3) is 0. The summed E-state index contributed by atoms with van der Waals surface area (Å²) in [6.45, 7) is 0. The van der Waals surface area contributed by atoms with Gasteiger partial charge in [0.15, 0.2) is 0 Å². The number of rotatable bonds is 1. The standard InChI is InChI=1S/C8H9BN2O2S/c10-5-1-2-6(11)8-7(5)4(3-14-8)9(12)13/h1-3,12-13H,10-11H2. The molecule has 2 rings (SSSR count). The van der Waals surface area contributed by atoms with E-state index in [2.05, 4.69) is 0 Å². The van der Waals surface area contributed by atoms with Crippen LogP contribution in [-0.2, 0) is 0 Å². The Morgan fingerprint density at radius 2 is 1.79 bits per heavy atom. The topological polar surface area (TPSA) is 92.5 Å². The minimum atomic E-state index is -1.51. The lowest BCUT2D eigenvalue weighted by Gasteiger charge is -2.02. The molecule has 72 valence electrons. The van der Waals surface area contributed by atoms with Crippen molar-refractivity contribution in [2.75, 3.05) is 11.5 Å². The molecule has 0 amide bonds. The largest absolute Gasteiger partial charge is 0.489 e. The Balaban J connectivity index is 2.84. The second kappa shape index (κ2) is 3.16. The Labute approximate surface area is 84.9 Å². The Morgan fingerprint density at radius 3 is 2.43 bits per heavy atom. The summed E-state index contributed by atoms with van der Waals surface area (Å²) in [5.41, 5.74) is 13.0. The summed E-state index contributed by atoms with van der Waals surface area (Å²) in [6.07, 6.45) is 0. The molecule has 0 unspecified atom stereocenters. The molecule has 0 fully saturated rings. The molecule has 1 aromatic carbocycles. The SMILES string of the molecule is Nc1ccc(N)c2c(B(O)O)csc12. The highest BCUT2D eigenvalue weighted by Crippen LogP contribution is 2.29. The van der Waals surface area contributed by atoms with Gasteiger partial charge in [0.25, 0.3) is 0 Å². The molecule has 0 aliphatic carbocycles. The van der Waals surface area contributed by atoms with Crippen molar-refractivity contribution >= 4 is 45.4 Å². The molecule has 0 saturated heterocycles. The van der Waals surface area contributed by atoms with Crippen LogP contribution in [0, 0.1) is 0 Å². The third kappa shape index (κ3) is 1.24. The molecule has 6 N–H and O–H groups in total. The van der Waals surface area contributed by atoms with E-state index in [0.29, 0.717) is 22.2 Å². The van der Waals surface area contributed by atoms with Crippen LogP contribution in [0.4, 0.5) is 11.4 Å². The van der Waals surface area contributed by atoms with E-state index < -0.39 is 7.12 Å².